The molecule has 1 amide bonds. The molecular formula is C13H16N2O2S. The second-order valence-corrected chi connectivity index (χ2v) is 5.03. The molecule has 0 spiro atoms. The van der Waals surface area contributed by atoms with Crippen LogP contribution in [0.5, 0.6) is 0 Å². The van der Waals surface area contributed by atoms with Crippen LogP contribution >= 0.6 is 11.3 Å². The Morgan fingerprint density at radius 1 is 1.56 bits per heavy atom. The number of thiazole rings is 1. The van der Waals surface area contributed by atoms with E-state index in [9.17, 15) is 4.79 Å². The summed E-state index contributed by atoms with van der Waals surface area (Å²) in [6.45, 7) is 2.67. The van der Waals surface area contributed by atoms with Crippen LogP contribution < -0.4 is 5.32 Å². The molecule has 0 bridgehead atoms. The Bertz CT molecular complexity index is 491. The summed E-state index contributed by atoms with van der Waals surface area (Å²) < 4.78 is 5.11. The standard InChI is InChI=1S/C13H16N2O2S/c1-10-9-18-13(15-10)5-2-6-14-12(16)8-11-4-3-7-17-11/h3-4,7,9H,2,5-6,8H2,1H3,(H,14,16). The van der Waals surface area contributed by atoms with Gasteiger partial charge in [0.25, 0.3) is 0 Å². The van der Waals surface area contributed by atoms with Crippen LogP contribution in [0.2, 0.25) is 0 Å². The Morgan fingerprint density at radius 3 is 3.11 bits per heavy atom. The van der Waals surface area contributed by atoms with Crippen molar-refractivity contribution in [3.8, 4) is 0 Å². The monoisotopic (exact) mass is 264 g/mol. The lowest BCUT2D eigenvalue weighted by molar-refractivity contribution is -0.120. The van der Waals surface area contributed by atoms with Crippen molar-refractivity contribution in [1.82, 2.24) is 10.3 Å². The lowest BCUT2D eigenvalue weighted by Crippen LogP contribution is -2.26. The lowest BCUT2D eigenvalue weighted by Gasteiger charge is -2.02. The van der Waals surface area contributed by atoms with Crippen molar-refractivity contribution in [2.45, 2.75) is 26.2 Å². The number of nitrogens with one attached hydrogen (secondary N) is 1. The molecule has 2 heterocycles. The fourth-order valence-corrected chi connectivity index (χ4v) is 2.44. The molecule has 0 atom stereocenters. The van der Waals surface area contributed by atoms with Gasteiger partial charge in [0.15, 0.2) is 0 Å². The summed E-state index contributed by atoms with van der Waals surface area (Å²) in [6, 6.07) is 3.59. The highest BCUT2D eigenvalue weighted by molar-refractivity contribution is 7.09. The van der Waals surface area contributed by atoms with Gasteiger partial charge in [-0.25, -0.2) is 4.98 Å². The summed E-state index contributed by atoms with van der Waals surface area (Å²) in [5, 5.41) is 6.05. The fourth-order valence-electron chi connectivity index (χ4n) is 1.62. The molecule has 2 aromatic heterocycles. The number of aryl methyl sites for hydroxylation is 2. The molecule has 2 rings (SSSR count). The van der Waals surface area contributed by atoms with E-state index >= 15 is 0 Å². The third-order valence-electron chi connectivity index (χ3n) is 2.47. The van der Waals surface area contributed by atoms with E-state index in [0.29, 0.717) is 18.7 Å². The molecule has 0 aromatic carbocycles. The van der Waals surface area contributed by atoms with Crippen molar-refractivity contribution >= 4 is 17.2 Å². The van der Waals surface area contributed by atoms with Crippen molar-refractivity contribution in [3.63, 3.8) is 0 Å². The van der Waals surface area contributed by atoms with Crippen LogP contribution in [0.15, 0.2) is 28.2 Å². The molecule has 0 unspecified atom stereocenters. The molecule has 5 heteroatoms. The van der Waals surface area contributed by atoms with Crippen molar-refractivity contribution < 1.29 is 9.21 Å². The van der Waals surface area contributed by atoms with Gasteiger partial charge in [0.1, 0.15) is 5.76 Å². The summed E-state index contributed by atoms with van der Waals surface area (Å²) in [7, 11) is 0. The topological polar surface area (TPSA) is 55.1 Å². The van der Waals surface area contributed by atoms with E-state index in [1.54, 1.807) is 29.7 Å². The molecule has 4 nitrogen and oxygen atoms in total. The van der Waals surface area contributed by atoms with Gasteiger partial charge in [-0.1, -0.05) is 0 Å². The van der Waals surface area contributed by atoms with Crippen LogP contribution in [-0.4, -0.2) is 17.4 Å². The van der Waals surface area contributed by atoms with E-state index < -0.39 is 0 Å². The van der Waals surface area contributed by atoms with E-state index in [4.69, 9.17) is 4.42 Å². The van der Waals surface area contributed by atoms with Crippen molar-refractivity contribution in [1.29, 1.82) is 0 Å². The molecule has 2 aromatic rings. The van der Waals surface area contributed by atoms with Crippen molar-refractivity contribution in [2.75, 3.05) is 6.54 Å². The first-order valence-electron chi connectivity index (χ1n) is 5.94. The van der Waals surface area contributed by atoms with Crippen LogP contribution in [0.25, 0.3) is 0 Å². The van der Waals surface area contributed by atoms with Gasteiger partial charge < -0.3 is 9.73 Å². The third-order valence-corrected chi connectivity index (χ3v) is 3.50. The zero-order chi connectivity index (χ0) is 12.8. The molecule has 18 heavy (non-hydrogen) atoms. The summed E-state index contributed by atoms with van der Waals surface area (Å²) in [5.41, 5.74) is 1.07. The molecule has 0 aliphatic heterocycles. The number of carbonyl (C=O) groups is 1. The Balaban J connectivity index is 1.62. The Morgan fingerprint density at radius 2 is 2.44 bits per heavy atom. The molecule has 0 aliphatic rings. The number of hydrogen-bond donors (Lipinski definition) is 1. The smallest absolute Gasteiger partial charge is 0.227 e. The summed E-state index contributed by atoms with van der Waals surface area (Å²) in [6.07, 6.45) is 3.72. The van der Waals surface area contributed by atoms with Crippen molar-refractivity contribution in [3.05, 3.63) is 40.2 Å². The highest BCUT2D eigenvalue weighted by atomic mass is 32.1. The predicted molar refractivity (Wildman–Crippen MR) is 70.6 cm³/mol. The maximum Gasteiger partial charge on any atom is 0.227 e. The minimum atomic E-state index is 0.000249. The molecule has 96 valence electrons. The maximum absolute atomic E-state index is 11.5. The van der Waals surface area contributed by atoms with E-state index in [-0.39, 0.29) is 5.91 Å². The van der Waals surface area contributed by atoms with Crippen LogP contribution in [0.4, 0.5) is 0 Å². The zero-order valence-electron chi connectivity index (χ0n) is 10.3. The SMILES string of the molecule is Cc1csc(CCCNC(=O)Cc2ccco2)n1. The number of nitrogens with zero attached hydrogens (tertiary/aromatic N) is 1. The average Bonchev–Trinajstić information content (AvgIpc) is 2.96. The van der Waals surface area contributed by atoms with Gasteiger partial charge in [-0.3, -0.25) is 4.79 Å². The third kappa shape index (κ3) is 4.00. The molecule has 0 saturated heterocycles. The second kappa shape index (κ2) is 6.35. The average molecular weight is 264 g/mol. The number of aromatic nitrogens is 1. The van der Waals surface area contributed by atoms with Crippen LogP contribution in [0.1, 0.15) is 22.9 Å². The quantitative estimate of drug-likeness (QED) is 0.815. The first-order valence-corrected chi connectivity index (χ1v) is 6.82. The second-order valence-electron chi connectivity index (χ2n) is 4.09. The van der Waals surface area contributed by atoms with E-state index in [2.05, 4.69) is 10.3 Å². The molecule has 0 saturated carbocycles. The Hall–Kier alpha value is -1.62. The predicted octanol–water partition coefficient (Wildman–Crippen LogP) is 2.34. The Kier molecular flexibility index (Phi) is 4.52. The molecule has 0 aliphatic carbocycles. The summed E-state index contributed by atoms with van der Waals surface area (Å²) in [5.74, 6) is 0.698. The minimum absolute atomic E-state index is 0.000249. The van der Waals surface area contributed by atoms with E-state index in [1.165, 1.54) is 0 Å². The molecule has 0 radical (unpaired) electrons. The number of rotatable bonds is 6. The minimum Gasteiger partial charge on any atom is -0.469 e. The van der Waals surface area contributed by atoms with Gasteiger partial charge in [-0.2, -0.15) is 0 Å². The highest BCUT2D eigenvalue weighted by Gasteiger charge is 2.05. The zero-order valence-corrected chi connectivity index (χ0v) is 11.1. The first-order chi connectivity index (χ1) is 8.74. The summed E-state index contributed by atoms with van der Waals surface area (Å²) in [4.78, 5) is 15.9. The van der Waals surface area contributed by atoms with Gasteiger partial charge in [0.2, 0.25) is 5.91 Å². The van der Waals surface area contributed by atoms with Gasteiger partial charge in [0.05, 0.1) is 17.7 Å². The largest absolute Gasteiger partial charge is 0.469 e. The van der Waals surface area contributed by atoms with Crippen LogP contribution in [0.3, 0.4) is 0 Å². The van der Waals surface area contributed by atoms with Crippen LogP contribution in [-0.2, 0) is 17.6 Å². The fraction of sp³-hybridized carbons (Fsp3) is 0.385. The van der Waals surface area contributed by atoms with E-state index in [0.717, 1.165) is 23.5 Å². The lowest BCUT2D eigenvalue weighted by atomic mass is 10.3. The van der Waals surface area contributed by atoms with E-state index in [1.807, 2.05) is 12.3 Å². The Labute approximate surface area is 110 Å². The number of amides is 1. The number of furan rings is 1. The molecule has 1 N–H and O–H groups in total. The maximum atomic E-state index is 11.5. The van der Waals surface area contributed by atoms with Gasteiger partial charge in [-0.05, 0) is 25.5 Å². The summed E-state index contributed by atoms with van der Waals surface area (Å²) >= 11 is 1.67. The van der Waals surface area contributed by atoms with Crippen molar-refractivity contribution in [2.24, 2.45) is 0 Å². The number of carbonyl (C=O) groups excluding carboxylic acids is 1. The van der Waals surface area contributed by atoms with Gasteiger partial charge in [0, 0.05) is 24.0 Å². The first kappa shape index (κ1) is 12.8. The molecular weight excluding hydrogens is 248 g/mol. The van der Waals surface area contributed by atoms with Crippen LogP contribution in [0, 0.1) is 6.92 Å². The van der Waals surface area contributed by atoms with Gasteiger partial charge >= 0.3 is 0 Å². The number of hydrogen-bond acceptors (Lipinski definition) is 4. The highest BCUT2D eigenvalue weighted by Crippen LogP contribution is 2.10. The molecule has 0 fully saturated rings. The van der Waals surface area contributed by atoms with Gasteiger partial charge in [-0.15, -0.1) is 11.3 Å². The normalized spacial score (nSPS) is 10.5.